The average Bonchev–Trinajstić information content (AvgIpc) is 2.61. The van der Waals surface area contributed by atoms with Crippen molar-refractivity contribution in [2.75, 3.05) is 18.9 Å². The Morgan fingerprint density at radius 1 is 1.08 bits per heavy atom. The quantitative estimate of drug-likeness (QED) is 0.638. The zero-order valence-corrected chi connectivity index (χ0v) is 17.1. The van der Waals surface area contributed by atoms with E-state index in [1.165, 1.54) is 11.1 Å². The van der Waals surface area contributed by atoms with Gasteiger partial charge in [-0.05, 0) is 40.8 Å². The second-order valence-corrected chi connectivity index (χ2v) is 8.63. The van der Waals surface area contributed by atoms with Gasteiger partial charge in [0.2, 0.25) is 0 Å². The first-order valence-electron chi connectivity index (χ1n) is 8.67. The van der Waals surface area contributed by atoms with Gasteiger partial charge < -0.3 is 10.1 Å². The fourth-order valence-corrected chi connectivity index (χ4v) is 3.23. The number of hydrogen-bond donors (Lipinski definition) is 1. The average molecular weight is 392 g/mol. The largest absolute Gasteiger partial charge is 0.484 e. The Labute approximate surface area is 165 Å². The van der Waals surface area contributed by atoms with Crippen LogP contribution in [0.1, 0.15) is 31.9 Å². The molecular formula is C21H26ClNO2S. The fourth-order valence-electron chi connectivity index (χ4n) is 2.28. The molecule has 140 valence electrons. The Morgan fingerprint density at radius 2 is 1.73 bits per heavy atom. The first kappa shape index (κ1) is 20.7. The molecule has 0 fully saturated rings. The van der Waals surface area contributed by atoms with Crippen LogP contribution in [0, 0.1) is 0 Å². The van der Waals surface area contributed by atoms with Crippen LogP contribution >= 0.6 is 23.4 Å². The van der Waals surface area contributed by atoms with E-state index in [2.05, 4.69) is 26.1 Å². The molecule has 2 rings (SSSR count). The van der Waals surface area contributed by atoms with E-state index in [1.807, 2.05) is 48.5 Å². The number of carbonyl (C=O) groups excluding carboxylic acids is 1. The summed E-state index contributed by atoms with van der Waals surface area (Å²) >= 11 is 7.64. The van der Waals surface area contributed by atoms with Crippen molar-refractivity contribution < 1.29 is 9.53 Å². The number of halogens is 1. The zero-order valence-electron chi connectivity index (χ0n) is 15.5. The van der Waals surface area contributed by atoms with Crippen LogP contribution in [-0.2, 0) is 16.0 Å². The molecule has 26 heavy (non-hydrogen) atoms. The maximum Gasteiger partial charge on any atom is 0.257 e. The molecule has 0 aliphatic rings. The van der Waals surface area contributed by atoms with E-state index in [-0.39, 0.29) is 17.9 Å². The smallest absolute Gasteiger partial charge is 0.257 e. The lowest BCUT2D eigenvalue weighted by Crippen LogP contribution is -2.30. The van der Waals surface area contributed by atoms with Crippen LogP contribution in [0.4, 0.5) is 0 Å². The number of carbonyl (C=O) groups is 1. The zero-order chi connectivity index (χ0) is 19.0. The molecule has 5 heteroatoms. The number of hydrogen-bond acceptors (Lipinski definition) is 3. The highest BCUT2D eigenvalue weighted by molar-refractivity contribution is 7.98. The SMILES string of the molecule is CC(C)(C)c1ccc(OCC(=O)NCCSCc2ccc(Cl)cc2)cc1. The summed E-state index contributed by atoms with van der Waals surface area (Å²) in [4.78, 5) is 11.9. The summed E-state index contributed by atoms with van der Waals surface area (Å²) in [5.41, 5.74) is 2.58. The summed E-state index contributed by atoms with van der Waals surface area (Å²) in [5.74, 6) is 2.38. The predicted molar refractivity (Wildman–Crippen MR) is 111 cm³/mol. The second-order valence-electron chi connectivity index (χ2n) is 7.09. The Balaban J connectivity index is 1.61. The van der Waals surface area contributed by atoms with Crippen molar-refractivity contribution in [1.29, 1.82) is 0 Å². The minimum absolute atomic E-state index is 0.0384. The number of ether oxygens (including phenoxy) is 1. The molecule has 0 aliphatic heterocycles. The summed E-state index contributed by atoms with van der Waals surface area (Å²) in [6.07, 6.45) is 0. The number of thioether (sulfide) groups is 1. The predicted octanol–water partition coefficient (Wildman–Crippen LogP) is 5.07. The molecule has 0 bridgehead atoms. The van der Waals surface area contributed by atoms with Gasteiger partial charge in [-0.25, -0.2) is 0 Å². The monoisotopic (exact) mass is 391 g/mol. The Morgan fingerprint density at radius 3 is 2.35 bits per heavy atom. The van der Waals surface area contributed by atoms with Gasteiger partial charge in [-0.15, -0.1) is 0 Å². The van der Waals surface area contributed by atoms with Crippen LogP contribution < -0.4 is 10.1 Å². The number of benzene rings is 2. The first-order valence-corrected chi connectivity index (χ1v) is 10.2. The van der Waals surface area contributed by atoms with Gasteiger partial charge in [-0.3, -0.25) is 4.79 Å². The molecule has 0 radical (unpaired) electrons. The van der Waals surface area contributed by atoms with E-state index < -0.39 is 0 Å². The topological polar surface area (TPSA) is 38.3 Å². The van der Waals surface area contributed by atoms with Gasteiger partial charge in [0, 0.05) is 23.1 Å². The molecule has 0 unspecified atom stereocenters. The Bertz CT molecular complexity index is 693. The lowest BCUT2D eigenvalue weighted by Gasteiger charge is -2.19. The molecule has 1 amide bonds. The van der Waals surface area contributed by atoms with Crippen molar-refractivity contribution in [2.45, 2.75) is 31.9 Å². The highest BCUT2D eigenvalue weighted by Gasteiger charge is 2.13. The van der Waals surface area contributed by atoms with E-state index in [9.17, 15) is 4.79 Å². The van der Waals surface area contributed by atoms with Gasteiger partial charge in [0.1, 0.15) is 5.75 Å². The molecule has 0 spiro atoms. The molecule has 0 heterocycles. The first-order chi connectivity index (χ1) is 12.3. The molecule has 0 aliphatic carbocycles. The molecule has 0 saturated heterocycles. The standard InChI is InChI=1S/C21H26ClNO2S/c1-21(2,3)17-6-10-19(11-7-17)25-14-20(24)23-12-13-26-15-16-4-8-18(22)9-5-16/h4-11H,12-15H2,1-3H3,(H,23,24). The van der Waals surface area contributed by atoms with Gasteiger partial charge >= 0.3 is 0 Å². The Hall–Kier alpha value is -1.65. The van der Waals surface area contributed by atoms with Gasteiger partial charge in [-0.1, -0.05) is 56.6 Å². The third kappa shape index (κ3) is 7.30. The molecule has 0 saturated carbocycles. The molecule has 0 aromatic heterocycles. The van der Waals surface area contributed by atoms with Gasteiger partial charge in [0.15, 0.2) is 6.61 Å². The lowest BCUT2D eigenvalue weighted by atomic mass is 9.87. The van der Waals surface area contributed by atoms with Gasteiger partial charge in [0.25, 0.3) is 5.91 Å². The summed E-state index contributed by atoms with van der Waals surface area (Å²) < 4.78 is 5.54. The minimum atomic E-state index is -0.100. The molecule has 2 aromatic carbocycles. The van der Waals surface area contributed by atoms with Gasteiger partial charge in [0.05, 0.1) is 0 Å². The van der Waals surface area contributed by atoms with Crippen LogP contribution in [0.15, 0.2) is 48.5 Å². The number of rotatable bonds is 8. The van der Waals surface area contributed by atoms with Crippen molar-refractivity contribution in [3.05, 3.63) is 64.7 Å². The number of nitrogens with one attached hydrogen (secondary N) is 1. The maximum absolute atomic E-state index is 11.9. The fraction of sp³-hybridized carbons (Fsp3) is 0.381. The van der Waals surface area contributed by atoms with Crippen molar-refractivity contribution in [1.82, 2.24) is 5.32 Å². The van der Waals surface area contributed by atoms with Crippen LogP contribution in [0.5, 0.6) is 5.75 Å². The summed E-state index contributed by atoms with van der Waals surface area (Å²) in [7, 11) is 0. The molecular weight excluding hydrogens is 366 g/mol. The summed E-state index contributed by atoms with van der Waals surface area (Å²) in [6, 6.07) is 15.7. The van der Waals surface area contributed by atoms with E-state index >= 15 is 0 Å². The van der Waals surface area contributed by atoms with E-state index in [1.54, 1.807) is 11.8 Å². The van der Waals surface area contributed by atoms with Crippen molar-refractivity contribution in [2.24, 2.45) is 0 Å². The summed E-state index contributed by atoms with van der Waals surface area (Å²) in [6.45, 7) is 7.17. The lowest BCUT2D eigenvalue weighted by molar-refractivity contribution is -0.122. The molecule has 2 aromatic rings. The molecule has 0 atom stereocenters. The number of amides is 1. The minimum Gasteiger partial charge on any atom is -0.484 e. The second kappa shape index (κ2) is 9.89. The normalized spacial score (nSPS) is 11.2. The van der Waals surface area contributed by atoms with E-state index in [0.29, 0.717) is 12.3 Å². The maximum atomic E-state index is 11.9. The van der Waals surface area contributed by atoms with Crippen LogP contribution in [0.3, 0.4) is 0 Å². The van der Waals surface area contributed by atoms with Crippen molar-refractivity contribution >= 4 is 29.3 Å². The highest BCUT2D eigenvalue weighted by atomic mass is 35.5. The third-order valence-electron chi connectivity index (χ3n) is 3.84. The van der Waals surface area contributed by atoms with Gasteiger partial charge in [-0.2, -0.15) is 11.8 Å². The van der Waals surface area contributed by atoms with E-state index in [0.717, 1.165) is 16.5 Å². The van der Waals surface area contributed by atoms with Crippen LogP contribution in [-0.4, -0.2) is 24.8 Å². The van der Waals surface area contributed by atoms with Crippen molar-refractivity contribution in [3.63, 3.8) is 0 Å². The van der Waals surface area contributed by atoms with Crippen LogP contribution in [0.2, 0.25) is 5.02 Å². The van der Waals surface area contributed by atoms with Crippen LogP contribution in [0.25, 0.3) is 0 Å². The van der Waals surface area contributed by atoms with Crippen molar-refractivity contribution in [3.8, 4) is 5.75 Å². The highest BCUT2D eigenvalue weighted by Crippen LogP contribution is 2.24. The summed E-state index contributed by atoms with van der Waals surface area (Å²) in [5, 5.41) is 3.63. The Kier molecular flexibility index (Phi) is 7.85. The molecule has 3 nitrogen and oxygen atoms in total. The van der Waals surface area contributed by atoms with E-state index in [4.69, 9.17) is 16.3 Å². The molecule has 1 N–H and O–H groups in total. The third-order valence-corrected chi connectivity index (χ3v) is 5.12.